The Hall–Kier alpha value is -1.68. The van der Waals surface area contributed by atoms with Gasteiger partial charge in [-0.1, -0.05) is 13.0 Å². The van der Waals surface area contributed by atoms with E-state index in [1.54, 1.807) is 0 Å². The zero-order valence-electron chi connectivity index (χ0n) is 11.5. The van der Waals surface area contributed by atoms with Crippen molar-refractivity contribution in [2.45, 2.75) is 40.7 Å². The van der Waals surface area contributed by atoms with Crippen molar-refractivity contribution in [3.63, 3.8) is 0 Å². The van der Waals surface area contributed by atoms with Gasteiger partial charge in [0.2, 0.25) is 0 Å². The zero-order valence-corrected chi connectivity index (χ0v) is 11.5. The fraction of sp³-hybridized carbons (Fsp3) is 0.429. The van der Waals surface area contributed by atoms with Crippen LogP contribution in [0.1, 0.15) is 35.1 Å². The molecular formula is C14H20N4. The average Bonchev–Trinajstić information content (AvgIpc) is 2.64. The maximum atomic E-state index is 5.66. The van der Waals surface area contributed by atoms with Crippen LogP contribution in [-0.2, 0) is 13.0 Å². The summed E-state index contributed by atoms with van der Waals surface area (Å²) in [6, 6.07) is 4.01. The van der Waals surface area contributed by atoms with Crippen LogP contribution >= 0.6 is 0 Å². The first-order valence-electron chi connectivity index (χ1n) is 6.30. The van der Waals surface area contributed by atoms with Gasteiger partial charge in [-0.2, -0.15) is 5.10 Å². The minimum Gasteiger partial charge on any atom is -0.326 e. The van der Waals surface area contributed by atoms with Gasteiger partial charge in [0.1, 0.15) is 0 Å². The van der Waals surface area contributed by atoms with Crippen LogP contribution in [0.3, 0.4) is 0 Å². The Balaban J connectivity index is 2.52. The van der Waals surface area contributed by atoms with E-state index in [9.17, 15) is 0 Å². The van der Waals surface area contributed by atoms with Crippen LogP contribution in [0.2, 0.25) is 0 Å². The fourth-order valence-electron chi connectivity index (χ4n) is 2.32. The second-order valence-electron chi connectivity index (χ2n) is 4.53. The number of hydrogen-bond donors (Lipinski definition) is 1. The van der Waals surface area contributed by atoms with E-state index in [0.717, 1.165) is 29.2 Å². The quantitative estimate of drug-likeness (QED) is 0.900. The standard InChI is InChI=1S/C14H20N4/c1-5-13-10(3)17-18(11(13)4)14-7-6-12(8-15)9(2)16-14/h6-7H,5,8,15H2,1-4H3. The molecule has 2 heterocycles. The highest BCUT2D eigenvalue weighted by Crippen LogP contribution is 2.18. The highest BCUT2D eigenvalue weighted by molar-refractivity contribution is 5.35. The summed E-state index contributed by atoms with van der Waals surface area (Å²) < 4.78 is 1.92. The molecule has 2 aromatic rings. The largest absolute Gasteiger partial charge is 0.326 e. The number of aryl methyl sites for hydroxylation is 2. The van der Waals surface area contributed by atoms with Crippen LogP contribution in [0, 0.1) is 20.8 Å². The van der Waals surface area contributed by atoms with Gasteiger partial charge in [-0.15, -0.1) is 0 Å². The third-order valence-corrected chi connectivity index (χ3v) is 3.41. The molecular weight excluding hydrogens is 224 g/mol. The highest BCUT2D eigenvalue weighted by atomic mass is 15.3. The summed E-state index contributed by atoms with van der Waals surface area (Å²) in [6.45, 7) is 8.79. The first-order valence-corrected chi connectivity index (χ1v) is 6.30. The van der Waals surface area contributed by atoms with Gasteiger partial charge >= 0.3 is 0 Å². The molecule has 0 bridgehead atoms. The summed E-state index contributed by atoms with van der Waals surface area (Å²) in [5.41, 5.74) is 11.3. The molecule has 0 saturated heterocycles. The van der Waals surface area contributed by atoms with Crippen LogP contribution in [0.4, 0.5) is 0 Å². The summed E-state index contributed by atoms with van der Waals surface area (Å²) in [5.74, 6) is 0.866. The molecule has 0 aliphatic carbocycles. The Labute approximate surface area is 108 Å². The minimum absolute atomic E-state index is 0.524. The molecule has 0 radical (unpaired) electrons. The van der Waals surface area contributed by atoms with E-state index in [4.69, 9.17) is 5.73 Å². The third kappa shape index (κ3) is 2.04. The summed E-state index contributed by atoms with van der Waals surface area (Å²) in [6.07, 6.45) is 0.998. The number of pyridine rings is 1. The van der Waals surface area contributed by atoms with Gasteiger partial charge in [-0.3, -0.25) is 0 Å². The van der Waals surface area contributed by atoms with Gasteiger partial charge in [0.05, 0.1) is 5.69 Å². The van der Waals surface area contributed by atoms with Gasteiger partial charge in [0.25, 0.3) is 0 Å². The molecule has 0 saturated carbocycles. The van der Waals surface area contributed by atoms with Crippen molar-refractivity contribution >= 4 is 0 Å². The van der Waals surface area contributed by atoms with Gasteiger partial charge in [0, 0.05) is 17.9 Å². The number of hydrogen-bond acceptors (Lipinski definition) is 3. The first-order chi connectivity index (χ1) is 8.58. The van der Waals surface area contributed by atoms with Crippen molar-refractivity contribution in [1.29, 1.82) is 0 Å². The molecule has 0 atom stereocenters. The van der Waals surface area contributed by atoms with Gasteiger partial charge in [-0.05, 0) is 44.4 Å². The molecule has 0 spiro atoms. The molecule has 4 nitrogen and oxygen atoms in total. The molecule has 0 aromatic carbocycles. The topological polar surface area (TPSA) is 56.7 Å². The second-order valence-corrected chi connectivity index (χ2v) is 4.53. The van der Waals surface area contributed by atoms with Crippen molar-refractivity contribution in [3.8, 4) is 5.82 Å². The van der Waals surface area contributed by atoms with E-state index in [1.807, 2.05) is 30.7 Å². The van der Waals surface area contributed by atoms with Crippen LogP contribution in [-0.4, -0.2) is 14.8 Å². The summed E-state index contributed by atoms with van der Waals surface area (Å²) in [7, 11) is 0. The Kier molecular flexibility index (Phi) is 3.48. The molecule has 0 amide bonds. The maximum absolute atomic E-state index is 5.66. The second kappa shape index (κ2) is 4.90. The van der Waals surface area contributed by atoms with Crippen LogP contribution in [0.5, 0.6) is 0 Å². The predicted molar refractivity (Wildman–Crippen MR) is 72.8 cm³/mol. The molecule has 4 heteroatoms. The summed E-state index contributed by atoms with van der Waals surface area (Å²) in [4.78, 5) is 4.58. The van der Waals surface area contributed by atoms with E-state index in [2.05, 4.69) is 23.9 Å². The van der Waals surface area contributed by atoms with Crippen molar-refractivity contribution in [1.82, 2.24) is 14.8 Å². The highest BCUT2D eigenvalue weighted by Gasteiger charge is 2.12. The van der Waals surface area contributed by atoms with Crippen molar-refractivity contribution in [2.24, 2.45) is 5.73 Å². The van der Waals surface area contributed by atoms with E-state index >= 15 is 0 Å². The SMILES string of the molecule is CCc1c(C)nn(-c2ccc(CN)c(C)n2)c1C. The lowest BCUT2D eigenvalue weighted by Gasteiger charge is -2.07. The first kappa shape index (κ1) is 12.8. The molecule has 0 aliphatic rings. The Morgan fingerprint density at radius 3 is 2.39 bits per heavy atom. The van der Waals surface area contributed by atoms with E-state index < -0.39 is 0 Å². The third-order valence-electron chi connectivity index (χ3n) is 3.41. The number of rotatable bonds is 3. The van der Waals surface area contributed by atoms with Crippen molar-refractivity contribution in [2.75, 3.05) is 0 Å². The monoisotopic (exact) mass is 244 g/mol. The lowest BCUT2D eigenvalue weighted by molar-refractivity contribution is 0.796. The van der Waals surface area contributed by atoms with Crippen LogP contribution < -0.4 is 5.73 Å². The lowest BCUT2D eigenvalue weighted by atomic mass is 10.1. The summed E-state index contributed by atoms with van der Waals surface area (Å²) >= 11 is 0. The van der Waals surface area contributed by atoms with E-state index in [-0.39, 0.29) is 0 Å². The van der Waals surface area contributed by atoms with Crippen LogP contribution in [0.25, 0.3) is 5.82 Å². The zero-order chi connectivity index (χ0) is 13.3. The molecule has 2 rings (SSSR count). The molecule has 18 heavy (non-hydrogen) atoms. The summed E-state index contributed by atoms with van der Waals surface area (Å²) in [5, 5.41) is 4.57. The molecule has 96 valence electrons. The molecule has 2 aromatic heterocycles. The average molecular weight is 244 g/mol. The van der Waals surface area contributed by atoms with Gasteiger partial charge in [0.15, 0.2) is 5.82 Å². The Morgan fingerprint density at radius 1 is 1.17 bits per heavy atom. The lowest BCUT2D eigenvalue weighted by Crippen LogP contribution is -2.07. The normalized spacial score (nSPS) is 10.9. The Bertz CT molecular complexity index is 569. The predicted octanol–water partition coefficient (Wildman–Crippen LogP) is 2.21. The number of nitrogens with two attached hydrogens (primary N) is 1. The molecule has 0 fully saturated rings. The number of aromatic nitrogens is 3. The molecule has 0 aliphatic heterocycles. The number of nitrogens with zero attached hydrogens (tertiary/aromatic N) is 3. The molecule has 2 N–H and O–H groups in total. The van der Waals surface area contributed by atoms with Gasteiger partial charge in [-0.25, -0.2) is 9.67 Å². The Morgan fingerprint density at radius 2 is 1.89 bits per heavy atom. The van der Waals surface area contributed by atoms with E-state index in [1.165, 1.54) is 11.3 Å². The maximum Gasteiger partial charge on any atom is 0.153 e. The minimum atomic E-state index is 0.524. The van der Waals surface area contributed by atoms with Gasteiger partial charge < -0.3 is 5.73 Å². The van der Waals surface area contributed by atoms with Crippen LogP contribution in [0.15, 0.2) is 12.1 Å². The van der Waals surface area contributed by atoms with Crippen molar-refractivity contribution in [3.05, 3.63) is 40.3 Å². The molecule has 0 unspecified atom stereocenters. The van der Waals surface area contributed by atoms with E-state index in [0.29, 0.717) is 6.54 Å². The smallest absolute Gasteiger partial charge is 0.153 e. The van der Waals surface area contributed by atoms with Crippen molar-refractivity contribution < 1.29 is 0 Å². The fourth-order valence-corrected chi connectivity index (χ4v) is 2.32.